The van der Waals surface area contributed by atoms with E-state index in [0.717, 1.165) is 40.9 Å². The molecule has 2 saturated heterocycles. The van der Waals surface area contributed by atoms with Crippen LogP contribution in [0.1, 0.15) is 41.5 Å². The number of rotatable bonds is 5. The Hall–Kier alpha value is -2.38. The third kappa shape index (κ3) is 4.80. The first kappa shape index (κ1) is 23.8. The normalized spacial score (nSPS) is 20.2. The Morgan fingerprint density at radius 1 is 0.909 bits per heavy atom. The summed E-state index contributed by atoms with van der Waals surface area (Å²) < 4.78 is 28.6. The van der Waals surface area contributed by atoms with E-state index in [1.54, 1.807) is 4.31 Å². The molecule has 0 spiro atoms. The summed E-state index contributed by atoms with van der Waals surface area (Å²) in [4.78, 5) is 15.5. The Kier molecular flexibility index (Phi) is 6.82. The minimum atomic E-state index is -3.58. The van der Waals surface area contributed by atoms with Gasteiger partial charge >= 0.3 is 0 Å². The van der Waals surface area contributed by atoms with Crippen molar-refractivity contribution < 1.29 is 13.2 Å². The number of aryl methyl sites for hydroxylation is 2. The zero-order valence-electron chi connectivity index (χ0n) is 20.1. The zero-order valence-corrected chi connectivity index (χ0v) is 20.9. The molecule has 2 aromatic carbocycles. The fraction of sp³-hybridized carbons (Fsp3) is 0.500. The Morgan fingerprint density at radius 3 is 2.12 bits per heavy atom. The van der Waals surface area contributed by atoms with Crippen LogP contribution in [0.25, 0.3) is 0 Å². The fourth-order valence-corrected chi connectivity index (χ4v) is 7.19. The monoisotopic (exact) mass is 469 g/mol. The molecule has 1 N–H and O–H groups in total. The molecular formula is C26H35N3O3S. The van der Waals surface area contributed by atoms with Crippen LogP contribution in [0.2, 0.25) is 0 Å². The molecule has 33 heavy (non-hydrogen) atoms. The van der Waals surface area contributed by atoms with Crippen molar-refractivity contribution in [3.8, 4) is 0 Å². The molecule has 1 amide bonds. The first-order valence-corrected chi connectivity index (χ1v) is 13.3. The average Bonchev–Trinajstić information content (AvgIpc) is 3.26. The predicted octanol–water partition coefficient (Wildman–Crippen LogP) is 4.03. The quantitative estimate of drug-likeness (QED) is 0.718. The lowest BCUT2D eigenvalue weighted by Gasteiger charge is -2.33. The summed E-state index contributed by atoms with van der Waals surface area (Å²) in [6, 6.07) is 12.4. The molecule has 2 aliphatic heterocycles. The largest absolute Gasteiger partial charge is 0.380 e. The Bertz CT molecular complexity index is 1100. The number of sulfonamides is 1. The predicted molar refractivity (Wildman–Crippen MR) is 132 cm³/mol. The van der Waals surface area contributed by atoms with Gasteiger partial charge in [-0.2, -0.15) is 4.31 Å². The second-order valence-corrected chi connectivity index (χ2v) is 11.4. The number of amides is 1. The number of nitrogens with one attached hydrogen (secondary N) is 1. The maximum Gasteiger partial charge on any atom is 0.243 e. The van der Waals surface area contributed by atoms with Crippen LogP contribution in [-0.4, -0.2) is 55.8 Å². The molecule has 1 unspecified atom stereocenters. The second-order valence-electron chi connectivity index (χ2n) is 9.55. The zero-order chi connectivity index (χ0) is 23.8. The maximum absolute atomic E-state index is 13.5. The number of piperidine rings is 1. The van der Waals surface area contributed by atoms with Gasteiger partial charge in [0.05, 0.1) is 4.90 Å². The van der Waals surface area contributed by atoms with Crippen molar-refractivity contribution in [2.24, 2.45) is 5.92 Å². The highest BCUT2D eigenvalue weighted by molar-refractivity contribution is 7.89. The van der Waals surface area contributed by atoms with Crippen molar-refractivity contribution in [3.05, 3.63) is 58.7 Å². The van der Waals surface area contributed by atoms with E-state index in [0.29, 0.717) is 37.4 Å². The number of likely N-dealkylation sites (tertiary alicyclic amines) is 1. The number of hydrogen-bond acceptors (Lipinski definition) is 4. The molecule has 0 saturated carbocycles. The topological polar surface area (TPSA) is 69.7 Å². The molecule has 0 radical (unpaired) electrons. The van der Waals surface area contributed by atoms with Gasteiger partial charge in [0.15, 0.2) is 0 Å². The van der Waals surface area contributed by atoms with Gasteiger partial charge in [0.25, 0.3) is 0 Å². The van der Waals surface area contributed by atoms with Crippen LogP contribution in [0.3, 0.4) is 0 Å². The summed E-state index contributed by atoms with van der Waals surface area (Å²) in [5.41, 5.74) is 4.71. The molecule has 2 aromatic rings. The number of carbonyl (C=O) groups is 1. The van der Waals surface area contributed by atoms with Crippen LogP contribution >= 0.6 is 0 Å². The maximum atomic E-state index is 13.5. The Labute approximate surface area is 198 Å². The molecule has 0 aromatic heterocycles. The standard InChI is InChI=1S/C26H35N3O3S/c1-18-16-19(2)21(4)25(20(18)3)33(31,32)29-14-10-22(11-15-29)26(30)28-13-12-24(17-28)27-23-8-6-5-7-9-23/h5-9,16,22,24,27H,10-15,17H2,1-4H3. The van der Waals surface area contributed by atoms with Gasteiger partial charge in [-0.05, 0) is 81.3 Å². The molecule has 0 bridgehead atoms. The highest BCUT2D eigenvalue weighted by Crippen LogP contribution is 2.32. The smallest absolute Gasteiger partial charge is 0.243 e. The van der Waals surface area contributed by atoms with Gasteiger partial charge in [0.1, 0.15) is 0 Å². The molecule has 178 valence electrons. The molecule has 0 aliphatic carbocycles. The summed E-state index contributed by atoms with van der Waals surface area (Å²) in [6.07, 6.45) is 2.08. The molecule has 2 aliphatic rings. The van der Waals surface area contributed by atoms with Crippen molar-refractivity contribution in [1.82, 2.24) is 9.21 Å². The van der Waals surface area contributed by atoms with Crippen molar-refractivity contribution >= 4 is 21.6 Å². The van der Waals surface area contributed by atoms with Crippen molar-refractivity contribution in [2.45, 2.75) is 57.9 Å². The van der Waals surface area contributed by atoms with Crippen LogP contribution in [0.15, 0.2) is 41.3 Å². The van der Waals surface area contributed by atoms with E-state index in [-0.39, 0.29) is 17.9 Å². The molecule has 2 fully saturated rings. The number of hydrogen-bond donors (Lipinski definition) is 1. The number of benzene rings is 2. The lowest BCUT2D eigenvalue weighted by Crippen LogP contribution is -2.44. The summed E-state index contributed by atoms with van der Waals surface area (Å²) in [5, 5.41) is 3.51. The molecule has 2 heterocycles. The lowest BCUT2D eigenvalue weighted by molar-refractivity contribution is -0.135. The number of nitrogens with zero attached hydrogens (tertiary/aromatic N) is 2. The molecule has 7 heteroatoms. The molecule has 6 nitrogen and oxygen atoms in total. The molecule has 1 atom stereocenters. The average molecular weight is 470 g/mol. The number of para-hydroxylation sites is 1. The fourth-order valence-electron chi connectivity index (χ4n) is 5.15. The van der Waals surface area contributed by atoms with E-state index >= 15 is 0 Å². The number of anilines is 1. The Morgan fingerprint density at radius 2 is 1.52 bits per heavy atom. The van der Waals surface area contributed by atoms with Gasteiger partial charge in [0, 0.05) is 43.8 Å². The molecular weight excluding hydrogens is 434 g/mol. The number of carbonyl (C=O) groups excluding carboxylic acids is 1. The van der Waals surface area contributed by atoms with Crippen LogP contribution in [0.5, 0.6) is 0 Å². The van der Waals surface area contributed by atoms with E-state index in [4.69, 9.17) is 0 Å². The van der Waals surface area contributed by atoms with Crippen molar-refractivity contribution in [2.75, 3.05) is 31.5 Å². The SMILES string of the molecule is Cc1cc(C)c(C)c(S(=O)(=O)N2CCC(C(=O)N3CCC(Nc4ccccc4)C3)CC2)c1C. The van der Waals surface area contributed by atoms with Crippen molar-refractivity contribution in [3.63, 3.8) is 0 Å². The summed E-state index contributed by atoms with van der Waals surface area (Å²) in [7, 11) is -3.58. The first-order chi connectivity index (χ1) is 15.7. The van der Waals surface area contributed by atoms with E-state index in [9.17, 15) is 13.2 Å². The van der Waals surface area contributed by atoms with Crippen molar-refractivity contribution in [1.29, 1.82) is 0 Å². The van der Waals surface area contributed by atoms with E-state index < -0.39 is 10.0 Å². The van der Waals surface area contributed by atoms with Gasteiger partial charge in [0.2, 0.25) is 15.9 Å². The third-order valence-corrected chi connectivity index (χ3v) is 9.52. The van der Waals surface area contributed by atoms with E-state index in [1.165, 1.54) is 0 Å². The summed E-state index contributed by atoms with van der Waals surface area (Å²) >= 11 is 0. The second kappa shape index (κ2) is 9.47. The van der Waals surface area contributed by atoms with Crippen LogP contribution < -0.4 is 5.32 Å². The first-order valence-electron chi connectivity index (χ1n) is 11.9. The van der Waals surface area contributed by atoms with E-state index in [1.807, 2.05) is 69.0 Å². The van der Waals surface area contributed by atoms with Crippen LogP contribution in [0, 0.1) is 33.6 Å². The van der Waals surface area contributed by atoms with Gasteiger partial charge < -0.3 is 10.2 Å². The van der Waals surface area contributed by atoms with Crippen LogP contribution in [0.4, 0.5) is 5.69 Å². The summed E-state index contributed by atoms with van der Waals surface area (Å²) in [5.74, 6) is 0.0662. The van der Waals surface area contributed by atoms with Gasteiger partial charge in [-0.1, -0.05) is 24.3 Å². The van der Waals surface area contributed by atoms with Gasteiger partial charge in [-0.3, -0.25) is 4.79 Å². The van der Waals surface area contributed by atoms with E-state index in [2.05, 4.69) is 5.32 Å². The lowest BCUT2D eigenvalue weighted by atomic mass is 9.96. The van der Waals surface area contributed by atoms with Crippen LogP contribution in [-0.2, 0) is 14.8 Å². The third-order valence-electron chi connectivity index (χ3n) is 7.34. The van der Waals surface area contributed by atoms with Gasteiger partial charge in [-0.25, -0.2) is 8.42 Å². The minimum Gasteiger partial charge on any atom is -0.380 e. The minimum absolute atomic E-state index is 0.103. The highest BCUT2D eigenvalue weighted by atomic mass is 32.2. The van der Waals surface area contributed by atoms with Gasteiger partial charge in [-0.15, -0.1) is 0 Å². The highest BCUT2D eigenvalue weighted by Gasteiger charge is 2.37. The summed E-state index contributed by atoms with van der Waals surface area (Å²) in [6.45, 7) is 9.93. The molecule has 4 rings (SSSR count). The Balaban J connectivity index is 1.38.